The van der Waals surface area contributed by atoms with Crippen molar-refractivity contribution in [3.63, 3.8) is 0 Å². The third-order valence-corrected chi connectivity index (χ3v) is 2.68. The Morgan fingerprint density at radius 1 is 1.29 bits per heavy atom. The van der Waals surface area contributed by atoms with Crippen LogP contribution in [0.15, 0.2) is 36.4 Å². The van der Waals surface area contributed by atoms with Crippen molar-refractivity contribution >= 4 is 23.0 Å². The summed E-state index contributed by atoms with van der Waals surface area (Å²) in [7, 11) is 0. The predicted octanol–water partition coefficient (Wildman–Crippen LogP) is 3.10. The van der Waals surface area contributed by atoms with E-state index in [1.54, 1.807) is 24.3 Å². The lowest BCUT2D eigenvalue weighted by Crippen LogP contribution is -2.02. The van der Waals surface area contributed by atoms with E-state index in [-0.39, 0.29) is 17.3 Å². The van der Waals surface area contributed by atoms with Gasteiger partial charge in [-0.25, -0.2) is 4.98 Å². The number of pyridine rings is 1. The molecule has 2 aromatic rings. The molecular weight excluding hydrogens is 272 g/mol. The first kappa shape index (κ1) is 14.6. The summed E-state index contributed by atoms with van der Waals surface area (Å²) in [5.41, 5.74) is 6.10. The van der Waals surface area contributed by atoms with Crippen LogP contribution in [0.1, 0.15) is 13.3 Å². The fourth-order valence-electron chi connectivity index (χ4n) is 1.70. The molecule has 0 fully saturated rings. The molecule has 0 atom stereocenters. The van der Waals surface area contributed by atoms with Gasteiger partial charge in [-0.05, 0) is 36.8 Å². The Bertz CT molecular complexity index is 629. The Balaban J connectivity index is 2.18. The first-order chi connectivity index (χ1) is 10.1. The second-order valence-electron chi connectivity index (χ2n) is 4.36. The number of nitrogen functional groups attached to an aromatic ring is 1. The second kappa shape index (κ2) is 6.56. The molecule has 2 rings (SSSR count). The highest BCUT2D eigenvalue weighted by atomic mass is 16.6. The van der Waals surface area contributed by atoms with Crippen molar-refractivity contribution in [3.8, 4) is 5.75 Å². The molecule has 21 heavy (non-hydrogen) atoms. The number of nitro groups is 1. The molecule has 0 unspecified atom stereocenters. The fraction of sp³-hybridized carbons (Fsp3) is 0.214. The molecule has 0 bridgehead atoms. The number of nitrogens with two attached hydrogens (primary N) is 1. The largest absolute Gasteiger partial charge is 0.494 e. The van der Waals surface area contributed by atoms with E-state index in [0.29, 0.717) is 12.3 Å². The smallest absolute Gasteiger partial charge is 0.311 e. The van der Waals surface area contributed by atoms with E-state index < -0.39 is 4.92 Å². The van der Waals surface area contributed by atoms with E-state index >= 15 is 0 Å². The molecular formula is C14H16N4O3. The van der Waals surface area contributed by atoms with Crippen LogP contribution in [0.25, 0.3) is 0 Å². The van der Waals surface area contributed by atoms with Crippen LogP contribution in [0, 0.1) is 10.1 Å². The molecule has 110 valence electrons. The number of nitrogens with one attached hydrogen (secondary N) is 1. The maximum Gasteiger partial charge on any atom is 0.311 e. The molecule has 0 saturated carbocycles. The second-order valence-corrected chi connectivity index (χ2v) is 4.36. The van der Waals surface area contributed by atoms with Crippen LogP contribution in [-0.2, 0) is 0 Å². The topological polar surface area (TPSA) is 103 Å². The number of aromatic nitrogens is 1. The van der Waals surface area contributed by atoms with E-state index in [4.69, 9.17) is 10.5 Å². The zero-order chi connectivity index (χ0) is 15.2. The van der Waals surface area contributed by atoms with Crippen LogP contribution in [-0.4, -0.2) is 16.5 Å². The van der Waals surface area contributed by atoms with Crippen molar-refractivity contribution in [3.05, 3.63) is 46.5 Å². The molecule has 7 nitrogen and oxygen atoms in total. The standard InChI is InChI=1S/C14H16N4O3/c1-2-9-21-11-5-3-10(4-6-11)16-14-12(18(19)20)7-8-13(15)17-14/h3-8H,2,9H2,1H3,(H3,15,16,17). The molecule has 0 saturated heterocycles. The summed E-state index contributed by atoms with van der Waals surface area (Å²) >= 11 is 0. The maximum absolute atomic E-state index is 11.0. The molecule has 0 radical (unpaired) electrons. The van der Waals surface area contributed by atoms with E-state index in [1.165, 1.54) is 12.1 Å². The van der Waals surface area contributed by atoms with Crippen LogP contribution in [0.3, 0.4) is 0 Å². The summed E-state index contributed by atoms with van der Waals surface area (Å²) in [6.45, 7) is 2.68. The molecule has 0 spiro atoms. The van der Waals surface area contributed by atoms with Gasteiger partial charge in [-0.1, -0.05) is 6.92 Å². The van der Waals surface area contributed by atoms with E-state index in [0.717, 1.165) is 12.2 Å². The highest BCUT2D eigenvalue weighted by molar-refractivity contribution is 5.67. The van der Waals surface area contributed by atoms with E-state index in [2.05, 4.69) is 10.3 Å². The average Bonchev–Trinajstić information content (AvgIpc) is 2.46. The monoisotopic (exact) mass is 288 g/mol. The van der Waals surface area contributed by atoms with Gasteiger partial charge in [0, 0.05) is 11.8 Å². The van der Waals surface area contributed by atoms with Crippen molar-refractivity contribution in [2.24, 2.45) is 0 Å². The maximum atomic E-state index is 11.0. The zero-order valence-corrected chi connectivity index (χ0v) is 11.6. The van der Waals surface area contributed by atoms with Gasteiger partial charge in [-0.2, -0.15) is 0 Å². The lowest BCUT2D eigenvalue weighted by atomic mass is 10.3. The van der Waals surface area contributed by atoms with Gasteiger partial charge in [-0.3, -0.25) is 10.1 Å². The van der Waals surface area contributed by atoms with Crippen LogP contribution >= 0.6 is 0 Å². The summed E-state index contributed by atoms with van der Waals surface area (Å²) in [4.78, 5) is 14.4. The molecule has 0 aliphatic rings. The fourth-order valence-corrected chi connectivity index (χ4v) is 1.70. The number of ether oxygens (including phenoxy) is 1. The van der Waals surface area contributed by atoms with Gasteiger partial charge in [-0.15, -0.1) is 0 Å². The molecule has 1 aromatic heterocycles. The highest BCUT2D eigenvalue weighted by Crippen LogP contribution is 2.27. The first-order valence-corrected chi connectivity index (χ1v) is 6.51. The third kappa shape index (κ3) is 3.82. The quantitative estimate of drug-likeness (QED) is 0.625. The van der Waals surface area contributed by atoms with Crippen molar-refractivity contribution in [2.75, 3.05) is 17.7 Å². The van der Waals surface area contributed by atoms with Crippen LogP contribution in [0.5, 0.6) is 5.75 Å². The summed E-state index contributed by atoms with van der Waals surface area (Å²) in [6, 6.07) is 9.82. The Labute approximate surface area is 121 Å². The Kier molecular flexibility index (Phi) is 4.55. The van der Waals surface area contributed by atoms with Gasteiger partial charge in [0.25, 0.3) is 0 Å². The first-order valence-electron chi connectivity index (χ1n) is 6.51. The summed E-state index contributed by atoms with van der Waals surface area (Å²) in [5, 5.41) is 13.9. The Morgan fingerprint density at radius 3 is 2.62 bits per heavy atom. The predicted molar refractivity (Wildman–Crippen MR) is 80.8 cm³/mol. The summed E-state index contributed by atoms with van der Waals surface area (Å²) in [5.74, 6) is 1.07. The number of hydrogen-bond donors (Lipinski definition) is 2. The van der Waals surface area contributed by atoms with Crippen LogP contribution in [0.4, 0.5) is 23.0 Å². The van der Waals surface area contributed by atoms with Gasteiger partial charge in [0.15, 0.2) is 0 Å². The summed E-state index contributed by atoms with van der Waals surface area (Å²) < 4.78 is 5.47. The minimum atomic E-state index is -0.506. The lowest BCUT2D eigenvalue weighted by molar-refractivity contribution is -0.384. The van der Waals surface area contributed by atoms with Gasteiger partial charge >= 0.3 is 5.69 Å². The Morgan fingerprint density at radius 2 is 2.00 bits per heavy atom. The lowest BCUT2D eigenvalue weighted by Gasteiger charge is -2.08. The summed E-state index contributed by atoms with van der Waals surface area (Å²) in [6.07, 6.45) is 0.930. The Hall–Kier alpha value is -2.83. The number of anilines is 3. The van der Waals surface area contributed by atoms with Crippen LogP contribution < -0.4 is 15.8 Å². The number of nitrogens with zero attached hydrogens (tertiary/aromatic N) is 2. The SMILES string of the molecule is CCCOc1ccc(Nc2nc(N)ccc2[N+](=O)[O-])cc1. The molecule has 1 heterocycles. The molecule has 0 aliphatic heterocycles. The number of benzene rings is 1. The van der Waals surface area contributed by atoms with Crippen molar-refractivity contribution in [1.82, 2.24) is 4.98 Å². The molecule has 1 aromatic carbocycles. The molecule has 3 N–H and O–H groups in total. The number of hydrogen-bond acceptors (Lipinski definition) is 6. The van der Waals surface area contributed by atoms with Gasteiger partial charge in [0.05, 0.1) is 11.5 Å². The molecule has 0 aliphatic carbocycles. The van der Waals surface area contributed by atoms with Crippen molar-refractivity contribution in [2.45, 2.75) is 13.3 Å². The van der Waals surface area contributed by atoms with E-state index in [9.17, 15) is 10.1 Å². The zero-order valence-electron chi connectivity index (χ0n) is 11.6. The van der Waals surface area contributed by atoms with Crippen LogP contribution in [0.2, 0.25) is 0 Å². The number of rotatable bonds is 6. The highest BCUT2D eigenvalue weighted by Gasteiger charge is 2.15. The minimum Gasteiger partial charge on any atom is -0.494 e. The van der Waals surface area contributed by atoms with Gasteiger partial charge in [0.1, 0.15) is 11.6 Å². The minimum absolute atomic E-state index is 0.113. The normalized spacial score (nSPS) is 10.1. The van der Waals surface area contributed by atoms with E-state index in [1.807, 2.05) is 6.92 Å². The molecule has 7 heteroatoms. The van der Waals surface area contributed by atoms with Crippen molar-refractivity contribution in [1.29, 1.82) is 0 Å². The molecule has 0 amide bonds. The van der Waals surface area contributed by atoms with Gasteiger partial charge < -0.3 is 15.8 Å². The third-order valence-electron chi connectivity index (χ3n) is 2.68. The van der Waals surface area contributed by atoms with Gasteiger partial charge in [0.2, 0.25) is 5.82 Å². The average molecular weight is 288 g/mol. The van der Waals surface area contributed by atoms with Crippen molar-refractivity contribution < 1.29 is 9.66 Å².